The number of nitriles is 1. The normalized spacial score (nSPS) is 9.65. The van der Waals surface area contributed by atoms with Gasteiger partial charge in [-0.2, -0.15) is 5.26 Å². The second kappa shape index (κ2) is 6.54. The number of rotatable bonds is 6. The Hall–Kier alpha value is -2.02. The topological polar surface area (TPSA) is 76.1 Å². The molecule has 0 unspecified atom stereocenters. The minimum atomic E-state index is -0.0654. The second-order valence-electron chi connectivity index (χ2n) is 3.78. The fraction of sp³-hybridized carbons (Fsp3) is 0.385. The molecule has 17 heavy (non-hydrogen) atoms. The first-order valence-corrected chi connectivity index (χ1v) is 5.55. The lowest BCUT2D eigenvalue weighted by molar-refractivity contribution is 0.101. The second-order valence-corrected chi connectivity index (χ2v) is 3.78. The fourth-order valence-corrected chi connectivity index (χ4v) is 1.44. The Morgan fingerprint density at radius 3 is 2.88 bits per heavy atom. The molecule has 0 bridgehead atoms. The first-order valence-electron chi connectivity index (χ1n) is 5.55. The predicted molar refractivity (Wildman–Crippen MR) is 65.8 cm³/mol. The summed E-state index contributed by atoms with van der Waals surface area (Å²) in [4.78, 5) is 11.4. The van der Waals surface area contributed by atoms with Gasteiger partial charge in [0.15, 0.2) is 5.78 Å². The maximum absolute atomic E-state index is 11.4. The number of Topliss-reactive ketones (excluding diaryl/α,β-unsaturated/α-hetero) is 1. The summed E-state index contributed by atoms with van der Waals surface area (Å²) in [7, 11) is 0. The maximum atomic E-state index is 11.4. The first kappa shape index (κ1) is 13.0. The third-order valence-corrected chi connectivity index (χ3v) is 2.32. The third-order valence-electron chi connectivity index (χ3n) is 2.32. The molecule has 0 aromatic heterocycles. The van der Waals surface area contributed by atoms with Crippen molar-refractivity contribution in [3.8, 4) is 11.8 Å². The van der Waals surface area contributed by atoms with Crippen LogP contribution in [0.3, 0.4) is 0 Å². The molecule has 4 nitrogen and oxygen atoms in total. The van der Waals surface area contributed by atoms with Crippen LogP contribution in [0, 0.1) is 11.3 Å². The Balaban J connectivity index is 2.59. The number of hydrogen-bond acceptors (Lipinski definition) is 4. The van der Waals surface area contributed by atoms with Crippen molar-refractivity contribution in [2.45, 2.75) is 26.2 Å². The number of carbonyl (C=O) groups excluding carboxylic acids is 1. The summed E-state index contributed by atoms with van der Waals surface area (Å²) in [5, 5.41) is 8.38. The minimum absolute atomic E-state index is 0.0654. The van der Waals surface area contributed by atoms with Gasteiger partial charge in [-0.05, 0) is 38.0 Å². The molecule has 1 aromatic rings. The van der Waals surface area contributed by atoms with Gasteiger partial charge in [0.25, 0.3) is 0 Å². The van der Waals surface area contributed by atoms with Gasteiger partial charge in [0.1, 0.15) is 5.75 Å². The van der Waals surface area contributed by atoms with E-state index in [-0.39, 0.29) is 5.78 Å². The molecule has 0 saturated heterocycles. The number of unbranched alkanes of at least 4 members (excludes halogenated alkanes) is 2. The molecule has 0 amide bonds. The highest BCUT2D eigenvalue weighted by Crippen LogP contribution is 2.22. The van der Waals surface area contributed by atoms with Crippen LogP contribution < -0.4 is 10.5 Å². The smallest absolute Gasteiger partial charge is 0.163 e. The van der Waals surface area contributed by atoms with Gasteiger partial charge < -0.3 is 10.5 Å². The average Bonchev–Trinajstić information content (AvgIpc) is 2.30. The number of benzene rings is 1. The zero-order valence-electron chi connectivity index (χ0n) is 9.90. The van der Waals surface area contributed by atoms with E-state index in [9.17, 15) is 4.79 Å². The van der Waals surface area contributed by atoms with E-state index >= 15 is 0 Å². The monoisotopic (exact) mass is 232 g/mol. The molecule has 0 aliphatic heterocycles. The van der Waals surface area contributed by atoms with Crippen LogP contribution in [0.25, 0.3) is 0 Å². The number of nitrogen functional groups attached to an aromatic ring is 1. The largest absolute Gasteiger partial charge is 0.493 e. The van der Waals surface area contributed by atoms with Crippen LogP contribution in [-0.2, 0) is 0 Å². The Labute approximate surface area is 101 Å². The van der Waals surface area contributed by atoms with Crippen LogP contribution >= 0.6 is 0 Å². The Kier molecular flexibility index (Phi) is 5.02. The van der Waals surface area contributed by atoms with Crippen LogP contribution in [0.4, 0.5) is 5.69 Å². The van der Waals surface area contributed by atoms with Crippen LogP contribution in [0.2, 0.25) is 0 Å². The van der Waals surface area contributed by atoms with Gasteiger partial charge >= 0.3 is 0 Å². The number of ether oxygens (including phenoxy) is 1. The molecule has 0 atom stereocenters. The van der Waals surface area contributed by atoms with Gasteiger partial charge in [0, 0.05) is 12.1 Å². The van der Waals surface area contributed by atoms with E-state index in [1.54, 1.807) is 18.2 Å². The lowest BCUT2D eigenvalue weighted by Crippen LogP contribution is -2.03. The number of ketones is 1. The summed E-state index contributed by atoms with van der Waals surface area (Å²) in [6, 6.07) is 7.11. The first-order chi connectivity index (χ1) is 8.15. The average molecular weight is 232 g/mol. The van der Waals surface area contributed by atoms with Gasteiger partial charge in [-0.25, -0.2) is 0 Å². The number of nitrogens with two attached hydrogens (primary N) is 1. The molecule has 4 heteroatoms. The van der Waals surface area contributed by atoms with E-state index in [4.69, 9.17) is 15.7 Å². The van der Waals surface area contributed by atoms with E-state index in [1.807, 2.05) is 0 Å². The van der Waals surface area contributed by atoms with Crippen molar-refractivity contribution in [3.05, 3.63) is 23.8 Å². The van der Waals surface area contributed by atoms with Crippen LogP contribution in [-0.4, -0.2) is 12.4 Å². The van der Waals surface area contributed by atoms with Crippen molar-refractivity contribution in [1.82, 2.24) is 0 Å². The summed E-state index contributed by atoms with van der Waals surface area (Å²) < 4.78 is 5.51. The number of hydrogen-bond donors (Lipinski definition) is 1. The molecule has 2 N–H and O–H groups in total. The molecule has 1 rings (SSSR count). The molecule has 90 valence electrons. The van der Waals surface area contributed by atoms with Crippen LogP contribution in [0.1, 0.15) is 36.5 Å². The molecule has 0 aliphatic rings. The van der Waals surface area contributed by atoms with Crippen molar-refractivity contribution < 1.29 is 9.53 Å². The lowest BCUT2D eigenvalue weighted by atomic mass is 10.1. The van der Waals surface area contributed by atoms with Gasteiger partial charge in [-0.1, -0.05) is 0 Å². The number of anilines is 1. The molecule has 0 heterocycles. The van der Waals surface area contributed by atoms with E-state index in [2.05, 4.69) is 6.07 Å². The summed E-state index contributed by atoms with van der Waals surface area (Å²) >= 11 is 0. The Morgan fingerprint density at radius 1 is 1.47 bits per heavy atom. The summed E-state index contributed by atoms with van der Waals surface area (Å²) in [6.45, 7) is 1.99. The molecule has 0 saturated carbocycles. The van der Waals surface area contributed by atoms with E-state index in [0.29, 0.717) is 30.0 Å². The van der Waals surface area contributed by atoms with E-state index in [1.165, 1.54) is 6.92 Å². The maximum Gasteiger partial charge on any atom is 0.163 e. The quantitative estimate of drug-likeness (QED) is 0.464. The SMILES string of the molecule is CC(=O)c1cc(N)ccc1OCCCCC#N. The van der Waals surface area contributed by atoms with Crippen molar-refractivity contribution in [2.24, 2.45) is 0 Å². The summed E-state index contributed by atoms with van der Waals surface area (Å²) in [5.74, 6) is 0.494. The van der Waals surface area contributed by atoms with Crippen LogP contribution in [0.5, 0.6) is 5.75 Å². The highest BCUT2D eigenvalue weighted by atomic mass is 16.5. The zero-order valence-corrected chi connectivity index (χ0v) is 9.90. The predicted octanol–water partition coefficient (Wildman–Crippen LogP) is 2.54. The molecule has 0 spiro atoms. The van der Waals surface area contributed by atoms with Crippen molar-refractivity contribution in [1.29, 1.82) is 5.26 Å². The lowest BCUT2D eigenvalue weighted by Gasteiger charge is -2.09. The van der Waals surface area contributed by atoms with Gasteiger partial charge in [0.2, 0.25) is 0 Å². The fourth-order valence-electron chi connectivity index (χ4n) is 1.44. The summed E-state index contributed by atoms with van der Waals surface area (Å²) in [5.41, 5.74) is 6.67. The van der Waals surface area contributed by atoms with Gasteiger partial charge in [-0.3, -0.25) is 4.79 Å². The number of carbonyl (C=O) groups is 1. The Morgan fingerprint density at radius 2 is 2.24 bits per heavy atom. The highest BCUT2D eigenvalue weighted by Gasteiger charge is 2.08. The van der Waals surface area contributed by atoms with Gasteiger partial charge in [-0.15, -0.1) is 0 Å². The third kappa shape index (κ3) is 4.15. The van der Waals surface area contributed by atoms with Gasteiger partial charge in [0.05, 0.1) is 18.2 Å². The van der Waals surface area contributed by atoms with Crippen molar-refractivity contribution in [2.75, 3.05) is 12.3 Å². The Bertz CT molecular complexity index is 436. The van der Waals surface area contributed by atoms with Crippen molar-refractivity contribution in [3.63, 3.8) is 0 Å². The van der Waals surface area contributed by atoms with E-state index < -0.39 is 0 Å². The molecule has 0 radical (unpaired) electrons. The zero-order chi connectivity index (χ0) is 12.7. The molecular weight excluding hydrogens is 216 g/mol. The number of nitrogens with zero attached hydrogens (tertiary/aromatic N) is 1. The molecule has 0 aliphatic carbocycles. The van der Waals surface area contributed by atoms with Crippen molar-refractivity contribution >= 4 is 11.5 Å². The van der Waals surface area contributed by atoms with E-state index in [0.717, 1.165) is 12.8 Å². The molecule has 0 fully saturated rings. The summed E-state index contributed by atoms with van der Waals surface area (Å²) in [6.07, 6.45) is 2.14. The standard InChI is InChI=1S/C13H16N2O2/c1-10(16)12-9-11(15)5-6-13(12)17-8-4-2-3-7-14/h5-6,9H,2-4,8,15H2,1H3. The minimum Gasteiger partial charge on any atom is -0.493 e. The molecular formula is C13H16N2O2. The molecule has 1 aromatic carbocycles. The highest BCUT2D eigenvalue weighted by molar-refractivity contribution is 5.97. The van der Waals surface area contributed by atoms with Crippen LogP contribution in [0.15, 0.2) is 18.2 Å².